The summed E-state index contributed by atoms with van der Waals surface area (Å²) in [7, 11) is 0. The van der Waals surface area contributed by atoms with Crippen LogP contribution in [0, 0.1) is 0 Å². The van der Waals surface area contributed by atoms with Crippen molar-refractivity contribution < 1.29 is 19.8 Å². The summed E-state index contributed by atoms with van der Waals surface area (Å²) in [6.45, 7) is 4.52. The Morgan fingerprint density at radius 2 is 0.600 bits per heavy atom. The van der Waals surface area contributed by atoms with Gasteiger partial charge in [0.15, 0.2) is 0 Å². The molecule has 0 aliphatic carbocycles. The first kappa shape index (κ1) is 40.6. The van der Waals surface area contributed by atoms with Gasteiger partial charge in [-0.05, 0) is 64.2 Å². The zero-order valence-corrected chi connectivity index (χ0v) is 26.8. The smallest absolute Gasteiger partial charge is 0.303 e. The van der Waals surface area contributed by atoms with E-state index in [1.54, 1.807) is 0 Å². The third-order valence-corrected chi connectivity index (χ3v) is 7.30. The minimum atomic E-state index is -0.664. The molecule has 0 saturated carbocycles. The minimum Gasteiger partial charge on any atom is -0.481 e. The van der Waals surface area contributed by atoms with Gasteiger partial charge >= 0.3 is 11.9 Å². The molecule has 236 valence electrons. The molecule has 0 rings (SSSR count). The monoisotopic (exact) mass is 565 g/mol. The summed E-state index contributed by atoms with van der Waals surface area (Å²) < 4.78 is 0. The Hall–Kier alpha value is -1.58. The molecule has 0 fully saturated rings. The number of rotatable bonds is 30. The van der Waals surface area contributed by atoms with Crippen LogP contribution in [-0.4, -0.2) is 22.2 Å². The summed E-state index contributed by atoms with van der Waals surface area (Å²) in [6, 6.07) is 0. The van der Waals surface area contributed by atoms with E-state index in [9.17, 15) is 9.59 Å². The van der Waals surface area contributed by atoms with Gasteiger partial charge in [0.1, 0.15) is 0 Å². The highest BCUT2D eigenvalue weighted by molar-refractivity contribution is 5.66. The number of carbonyl (C=O) groups is 2. The number of carboxylic acid groups (broad SMARTS) is 2. The maximum atomic E-state index is 10.3. The lowest BCUT2D eigenvalue weighted by Gasteiger charge is -1.99. The first-order chi connectivity index (χ1) is 19.5. The molecule has 4 heteroatoms. The standard InChI is InChI=1S/2C18H34O2/c2*1-2-3-4-5-6-7-8-9-10-11-12-13-14-15-16-17-18(19)20/h2*9-10H,2-8,11-17H2,1H3,(H,19,20)/b10-9+;10-9-. The van der Waals surface area contributed by atoms with E-state index in [-0.39, 0.29) is 0 Å². The largest absolute Gasteiger partial charge is 0.481 e. The van der Waals surface area contributed by atoms with Gasteiger partial charge in [-0.25, -0.2) is 0 Å². The van der Waals surface area contributed by atoms with Crippen LogP contribution in [0.4, 0.5) is 0 Å². The summed E-state index contributed by atoms with van der Waals surface area (Å²) in [5, 5.41) is 17.0. The Labute approximate surface area is 249 Å². The van der Waals surface area contributed by atoms with Gasteiger partial charge in [0, 0.05) is 12.8 Å². The topological polar surface area (TPSA) is 74.6 Å². The lowest BCUT2D eigenvalue weighted by Crippen LogP contribution is -1.93. The Morgan fingerprint density at radius 1 is 0.375 bits per heavy atom. The van der Waals surface area contributed by atoms with Gasteiger partial charge in [0.05, 0.1) is 0 Å². The molecule has 0 aromatic carbocycles. The van der Waals surface area contributed by atoms with Crippen LogP contribution in [0.15, 0.2) is 24.3 Å². The number of hydrogen-bond acceptors (Lipinski definition) is 2. The van der Waals surface area contributed by atoms with Crippen molar-refractivity contribution in [3.8, 4) is 0 Å². The van der Waals surface area contributed by atoms with Gasteiger partial charge in [0.2, 0.25) is 0 Å². The Bertz CT molecular complexity index is 517. The molecule has 4 nitrogen and oxygen atoms in total. The number of hydrogen-bond donors (Lipinski definition) is 2. The van der Waals surface area contributed by atoms with E-state index in [0.717, 1.165) is 25.7 Å². The van der Waals surface area contributed by atoms with Crippen LogP contribution in [0.1, 0.15) is 194 Å². The van der Waals surface area contributed by atoms with Gasteiger partial charge in [-0.2, -0.15) is 0 Å². The SMILES string of the molecule is CCCCCCCC/C=C/CCCCCCCC(=O)O.CCCCCCCC/C=C\CCCCCCCC(=O)O. The van der Waals surface area contributed by atoms with Crippen molar-refractivity contribution in [2.75, 3.05) is 0 Å². The molecule has 2 N–H and O–H groups in total. The molecule has 0 aromatic heterocycles. The second-order valence-electron chi connectivity index (χ2n) is 11.5. The maximum absolute atomic E-state index is 10.3. The van der Waals surface area contributed by atoms with Crippen molar-refractivity contribution in [1.82, 2.24) is 0 Å². The predicted molar refractivity (Wildman–Crippen MR) is 174 cm³/mol. The molecule has 0 unspecified atom stereocenters. The predicted octanol–water partition coefficient (Wildman–Crippen LogP) is 12.2. The minimum absolute atomic E-state index is 0.332. The molecule has 0 radical (unpaired) electrons. The van der Waals surface area contributed by atoms with Crippen molar-refractivity contribution in [2.45, 2.75) is 194 Å². The first-order valence-corrected chi connectivity index (χ1v) is 17.3. The Balaban J connectivity index is 0. The summed E-state index contributed by atoms with van der Waals surface area (Å²) in [5.74, 6) is -1.33. The fourth-order valence-corrected chi connectivity index (χ4v) is 4.69. The molecule has 0 bridgehead atoms. The van der Waals surface area contributed by atoms with Gasteiger partial charge in [0.25, 0.3) is 0 Å². The normalized spacial score (nSPS) is 11.2. The molecule has 0 atom stereocenters. The average Bonchev–Trinajstić information content (AvgIpc) is 2.93. The van der Waals surface area contributed by atoms with E-state index in [1.807, 2.05) is 0 Å². The fourth-order valence-electron chi connectivity index (χ4n) is 4.69. The zero-order chi connectivity index (χ0) is 29.8. The van der Waals surface area contributed by atoms with E-state index in [2.05, 4.69) is 38.2 Å². The molecular formula is C36H68O4. The number of carboxylic acids is 2. The van der Waals surface area contributed by atoms with Gasteiger partial charge < -0.3 is 10.2 Å². The van der Waals surface area contributed by atoms with E-state index in [4.69, 9.17) is 10.2 Å². The Morgan fingerprint density at radius 3 is 0.850 bits per heavy atom. The number of aliphatic carboxylic acids is 2. The Kier molecular flexibility index (Phi) is 37.9. The van der Waals surface area contributed by atoms with Crippen LogP contribution in [-0.2, 0) is 9.59 Å². The van der Waals surface area contributed by atoms with E-state index in [1.165, 1.54) is 141 Å². The quantitative estimate of drug-likeness (QED) is 0.0672. The molecule has 0 aromatic rings. The van der Waals surface area contributed by atoms with Crippen LogP contribution in [0.3, 0.4) is 0 Å². The van der Waals surface area contributed by atoms with Crippen LogP contribution < -0.4 is 0 Å². The first-order valence-electron chi connectivity index (χ1n) is 17.3. The zero-order valence-electron chi connectivity index (χ0n) is 26.8. The van der Waals surface area contributed by atoms with E-state index in [0.29, 0.717) is 12.8 Å². The molecular weight excluding hydrogens is 496 g/mol. The molecule has 0 amide bonds. The summed E-state index contributed by atoms with van der Waals surface area (Å²) >= 11 is 0. The van der Waals surface area contributed by atoms with Crippen molar-refractivity contribution in [3.05, 3.63) is 24.3 Å². The highest BCUT2D eigenvalue weighted by Crippen LogP contribution is 2.11. The highest BCUT2D eigenvalue weighted by atomic mass is 16.4. The molecule has 0 saturated heterocycles. The lowest BCUT2D eigenvalue weighted by atomic mass is 10.1. The van der Waals surface area contributed by atoms with Crippen LogP contribution in [0.2, 0.25) is 0 Å². The fraction of sp³-hybridized carbons (Fsp3) is 0.833. The van der Waals surface area contributed by atoms with Crippen molar-refractivity contribution in [3.63, 3.8) is 0 Å². The van der Waals surface area contributed by atoms with Gasteiger partial charge in [-0.1, -0.05) is 141 Å². The summed E-state index contributed by atoms with van der Waals surface area (Å²) in [5.41, 5.74) is 0. The van der Waals surface area contributed by atoms with E-state index < -0.39 is 11.9 Å². The van der Waals surface area contributed by atoms with Gasteiger partial charge in [-0.3, -0.25) is 9.59 Å². The molecule has 0 spiro atoms. The average molecular weight is 565 g/mol. The number of unbranched alkanes of at least 4 members (excludes halogenated alkanes) is 22. The van der Waals surface area contributed by atoms with Crippen LogP contribution in [0.5, 0.6) is 0 Å². The van der Waals surface area contributed by atoms with Crippen LogP contribution >= 0.6 is 0 Å². The van der Waals surface area contributed by atoms with Crippen LogP contribution in [0.25, 0.3) is 0 Å². The molecule has 40 heavy (non-hydrogen) atoms. The van der Waals surface area contributed by atoms with Crippen molar-refractivity contribution in [2.24, 2.45) is 0 Å². The molecule has 0 aliphatic heterocycles. The maximum Gasteiger partial charge on any atom is 0.303 e. The third-order valence-electron chi connectivity index (χ3n) is 7.30. The third kappa shape index (κ3) is 43.5. The van der Waals surface area contributed by atoms with Crippen molar-refractivity contribution >= 4 is 11.9 Å². The molecule has 0 aliphatic rings. The van der Waals surface area contributed by atoms with Gasteiger partial charge in [-0.15, -0.1) is 0 Å². The molecule has 0 heterocycles. The highest BCUT2D eigenvalue weighted by Gasteiger charge is 1.97. The lowest BCUT2D eigenvalue weighted by molar-refractivity contribution is -0.138. The summed E-state index contributed by atoms with van der Waals surface area (Å²) in [6.07, 6.45) is 42.5. The second kappa shape index (κ2) is 37.4. The van der Waals surface area contributed by atoms with Crippen molar-refractivity contribution in [1.29, 1.82) is 0 Å². The second-order valence-corrected chi connectivity index (χ2v) is 11.5. The summed E-state index contributed by atoms with van der Waals surface area (Å²) in [4.78, 5) is 20.6. The number of allylic oxidation sites excluding steroid dienone is 4. The van der Waals surface area contributed by atoms with E-state index >= 15 is 0 Å².